The van der Waals surface area contributed by atoms with Gasteiger partial charge in [-0.25, -0.2) is 0 Å². The molecular weight excluding hydrogens is 434 g/mol. The molecule has 2 rings (SSSR count). The number of carbonyl (C=O) groups excluding carboxylic acids is 3. The number of rotatable bonds is 13. The summed E-state index contributed by atoms with van der Waals surface area (Å²) < 4.78 is 5.40. The van der Waals surface area contributed by atoms with Crippen LogP contribution >= 0.6 is 0 Å². The molecule has 0 aliphatic carbocycles. The van der Waals surface area contributed by atoms with Crippen LogP contribution in [0.5, 0.6) is 5.75 Å². The molecule has 0 fully saturated rings. The van der Waals surface area contributed by atoms with Gasteiger partial charge >= 0.3 is 5.97 Å². The number of pyridine rings is 1. The molecule has 0 bridgehead atoms. The molecule has 0 aliphatic rings. The van der Waals surface area contributed by atoms with Gasteiger partial charge in [0.1, 0.15) is 11.5 Å². The Hall–Kier alpha value is -3.75. The van der Waals surface area contributed by atoms with Crippen LogP contribution in [-0.2, 0) is 20.8 Å². The van der Waals surface area contributed by atoms with Gasteiger partial charge in [0.25, 0.3) is 0 Å². The Morgan fingerprint density at radius 2 is 1.65 bits per heavy atom. The van der Waals surface area contributed by atoms with E-state index in [-0.39, 0.29) is 42.7 Å². The number of anilines is 2. The largest absolute Gasteiger partial charge is 0.424 e. The van der Waals surface area contributed by atoms with E-state index in [4.69, 9.17) is 15.9 Å². The van der Waals surface area contributed by atoms with Crippen molar-refractivity contribution in [2.24, 2.45) is 5.73 Å². The Morgan fingerprint density at radius 3 is 2.26 bits per heavy atom. The number of hydrogen-bond donors (Lipinski definition) is 4. The van der Waals surface area contributed by atoms with Crippen molar-refractivity contribution in [2.75, 3.05) is 10.6 Å². The molecule has 0 saturated heterocycles. The maximum Gasteiger partial charge on any atom is 0.310 e. The molecular formula is C25H33N5O4. The van der Waals surface area contributed by atoms with Crippen molar-refractivity contribution >= 4 is 35.0 Å². The zero-order valence-electron chi connectivity index (χ0n) is 19.8. The minimum Gasteiger partial charge on any atom is -0.424 e. The molecule has 5 N–H and O–H groups in total. The summed E-state index contributed by atoms with van der Waals surface area (Å²) in [6.07, 6.45) is 6.48. The number of nitrogens with one attached hydrogen (secondary N) is 3. The summed E-state index contributed by atoms with van der Waals surface area (Å²) in [6.45, 7) is 3.83. The van der Waals surface area contributed by atoms with Gasteiger partial charge in [-0.3, -0.25) is 24.8 Å². The van der Waals surface area contributed by atoms with Crippen LogP contribution in [0.3, 0.4) is 0 Å². The Bertz CT molecular complexity index is 1000. The molecule has 0 atom stereocenters. The van der Waals surface area contributed by atoms with Crippen molar-refractivity contribution in [1.82, 2.24) is 4.98 Å². The third-order valence-electron chi connectivity index (χ3n) is 5.09. The van der Waals surface area contributed by atoms with E-state index in [2.05, 4.69) is 22.5 Å². The van der Waals surface area contributed by atoms with Gasteiger partial charge in [0, 0.05) is 42.8 Å². The normalized spacial score (nSPS) is 10.4. The average Bonchev–Trinajstić information content (AvgIpc) is 2.82. The molecule has 1 aromatic carbocycles. The first-order valence-corrected chi connectivity index (χ1v) is 11.6. The summed E-state index contributed by atoms with van der Waals surface area (Å²) in [4.78, 5) is 41.1. The first kappa shape index (κ1) is 26.5. The van der Waals surface area contributed by atoms with Gasteiger partial charge in [-0.1, -0.05) is 33.1 Å². The third-order valence-corrected chi connectivity index (χ3v) is 5.09. The van der Waals surface area contributed by atoms with Crippen LogP contribution in [0.25, 0.3) is 0 Å². The van der Waals surface area contributed by atoms with Gasteiger partial charge < -0.3 is 21.1 Å². The lowest BCUT2D eigenvalue weighted by atomic mass is 10.1. The lowest BCUT2D eigenvalue weighted by Gasteiger charge is -2.15. The van der Waals surface area contributed by atoms with Crippen LogP contribution < -0.4 is 21.1 Å². The number of nitrogen functional groups attached to an aromatic ring is 1. The lowest BCUT2D eigenvalue weighted by molar-refractivity contribution is -0.134. The molecule has 0 saturated carbocycles. The second-order valence-electron chi connectivity index (χ2n) is 7.86. The molecule has 1 heterocycles. The van der Waals surface area contributed by atoms with Crippen LogP contribution in [0.15, 0.2) is 36.5 Å². The fourth-order valence-corrected chi connectivity index (χ4v) is 3.19. The average molecular weight is 468 g/mol. The summed E-state index contributed by atoms with van der Waals surface area (Å²) in [5.41, 5.74) is 7.56. The summed E-state index contributed by atoms with van der Waals surface area (Å²) in [5, 5.41) is 12.9. The number of amidine groups is 1. The number of aromatic nitrogens is 1. The highest BCUT2D eigenvalue weighted by Crippen LogP contribution is 2.29. The van der Waals surface area contributed by atoms with Crippen LogP contribution in [0.4, 0.5) is 11.4 Å². The molecule has 0 radical (unpaired) electrons. The summed E-state index contributed by atoms with van der Waals surface area (Å²) in [6, 6.07) is 8.10. The summed E-state index contributed by atoms with van der Waals surface area (Å²) >= 11 is 0. The van der Waals surface area contributed by atoms with Crippen molar-refractivity contribution in [1.29, 1.82) is 5.41 Å². The molecule has 182 valence electrons. The molecule has 1 aromatic heterocycles. The number of amides is 2. The number of esters is 1. The van der Waals surface area contributed by atoms with E-state index < -0.39 is 5.97 Å². The van der Waals surface area contributed by atoms with Crippen molar-refractivity contribution in [2.45, 2.75) is 65.2 Å². The highest BCUT2D eigenvalue weighted by atomic mass is 16.5. The standard InChI is InChI=1S/C25H33N5O4/c1-3-5-6-7-8-19-24(20(15-16-28-19)34-23(33)4-2)30-22(32)14-13-21(31)29-18-11-9-17(10-12-18)25(26)27/h9-12,15-16H,3-8,13-14H2,1-2H3,(H3,26,27)(H,29,31)(H,30,32). The van der Waals surface area contributed by atoms with Gasteiger partial charge in [-0.15, -0.1) is 0 Å². The van der Waals surface area contributed by atoms with Crippen LogP contribution in [0.1, 0.15) is 70.1 Å². The first-order chi connectivity index (χ1) is 16.3. The maximum atomic E-state index is 12.6. The number of nitrogens with zero attached hydrogens (tertiary/aromatic N) is 1. The molecule has 0 spiro atoms. The molecule has 9 nitrogen and oxygen atoms in total. The Morgan fingerprint density at radius 1 is 0.971 bits per heavy atom. The summed E-state index contributed by atoms with van der Waals surface area (Å²) in [7, 11) is 0. The first-order valence-electron chi connectivity index (χ1n) is 11.6. The topological polar surface area (TPSA) is 147 Å². The molecule has 2 amide bonds. The highest BCUT2D eigenvalue weighted by molar-refractivity contribution is 5.99. The minimum atomic E-state index is -0.409. The van der Waals surface area contributed by atoms with E-state index >= 15 is 0 Å². The van der Waals surface area contributed by atoms with E-state index in [1.807, 2.05) is 0 Å². The predicted molar refractivity (Wildman–Crippen MR) is 132 cm³/mol. The van der Waals surface area contributed by atoms with Gasteiger partial charge in [0.2, 0.25) is 11.8 Å². The quantitative estimate of drug-likeness (QED) is 0.150. The monoisotopic (exact) mass is 467 g/mol. The third kappa shape index (κ3) is 8.65. The lowest BCUT2D eigenvalue weighted by Crippen LogP contribution is -2.19. The number of benzene rings is 1. The van der Waals surface area contributed by atoms with E-state index in [9.17, 15) is 14.4 Å². The molecule has 0 aliphatic heterocycles. The Balaban J connectivity index is 2.00. The van der Waals surface area contributed by atoms with Crippen molar-refractivity contribution in [3.05, 3.63) is 47.8 Å². The van der Waals surface area contributed by atoms with Crippen molar-refractivity contribution < 1.29 is 19.1 Å². The summed E-state index contributed by atoms with van der Waals surface area (Å²) in [5.74, 6) is -0.906. The fourth-order valence-electron chi connectivity index (χ4n) is 3.19. The zero-order chi connectivity index (χ0) is 24.9. The second kappa shape index (κ2) is 13.7. The molecule has 9 heteroatoms. The number of hydrogen-bond acceptors (Lipinski definition) is 6. The Kier molecular flexibility index (Phi) is 10.7. The number of ether oxygens (including phenoxy) is 1. The van der Waals surface area contributed by atoms with Gasteiger partial charge in [-0.2, -0.15) is 0 Å². The van der Waals surface area contributed by atoms with Crippen molar-refractivity contribution in [3.63, 3.8) is 0 Å². The molecule has 2 aromatic rings. The number of unbranched alkanes of at least 4 members (excludes halogenated alkanes) is 3. The van der Waals surface area contributed by atoms with Crippen LogP contribution in [-0.4, -0.2) is 28.6 Å². The van der Waals surface area contributed by atoms with E-state index in [0.717, 1.165) is 25.7 Å². The highest BCUT2D eigenvalue weighted by Gasteiger charge is 2.17. The maximum absolute atomic E-state index is 12.6. The Labute approximate surface area is 200 Å². The second-order valence-corrected chi connectivity index (χ2v) is 7.86. The fraction of sp³-hybridized carbons (Fsp3) is 0.400. The number of nitrogens with two attached hydrogens (primary N) is 1. The SMILES string of the molecule is CCCCCCc1nccc(OC(=O)CC)c1NC(=O)CCC(=O)Nc1ccc(C(=N)N)cc1. The van der Waals surface area contributed by atoms with Gasteiger partial charge in [0.15, 0.2) is 5.75 Å². The van der Waals surface area contributed by atoms with Crippen LogP contribution in [0, 0.1) is 5.41 Å². The van der Waals surface area contributed by atoms with E-state index in [1.54, 1.807) is 43.5 Å². The van der Waals surface area contributed by atoms with Gasteiger partial charge in [-0.05, 0) is 37.1 Å². The smallest absolute Gasteiger partial charge is 0.310 e. The number of carbonyl (C=O) groups is 3. The molecule has 0 unspecified atom stereocenters. The predicted octanol–water partition coefficient (Wildman–Crippen LogP) is 4.16. The minimum absolute atomic E-state index is 0.0313. The molecule has 34 heavy (non-hydrogen) atoms. The van der Waals surface area contributed by atoms with Crippen molar-refractivity contribution in [3.8, 4) is 5.75 Å². The van der Waals surface area contributed by atoms with Gasteiger partial charge in [0.05, 0.1) is 5.69 Å². The van der Waals surface area contributed by atoms with E-state index in [0.29, 0.717) is 29.1 Å². The van der Waals surface area contributed by atoms with E-state index in [1.165, 1.54) is 0 Å². The van der Waals surface area contributed by atoms with Crippen LogP contribution in [0.2, 0.25) is 0 Å². The zero-order valence-corrected chi connectivity index (χ0v) is 19.8. The number of aryl methyl sites for hydroxylation is 1.